The summed E-state index contributed by atoms with van der Waals surface area (Å²) in [7, 11) is 0. The van der Waals surface area contributed by atoms with Crippen LogP contribution in [-0.2, 0) is 0 Å². The lowest BCUT2D eigenvalue weighted by Gasteiger charge is -1.90. The maximum atomic E-state index is 5.45. The molecule has 1 N–H and O–H groups in total. The second kappa shape index (κ2) is 1.63. The van der Waals surface area contributed by atoms with Crippen LogP contribution >= 0.6 is 11.6 Å². The molecule has 1 heterocycles. The Morgan fingerprint density at radius 3 is 2.83 bits per heavy atom. The first kappa shape index (κ1) is 4.16. The van der Waals surface area contributed by atoms with Crippen LogP contribution in [0.4, 0.5) is 0 Å². The molecule has 0 saturated heterocycles. The first-order valence-electron chi connectivity index (χ1n) is 1.71. The van der Waals surface area contributed by atoms with Crippen LogP contribution in [0.1, 0.15) is 0 Å². The van der Waals surface area contributed by atoms with E-state index in [9.17, 15) is 0 Å². The molecule has 0 aromatic rings. The van der Waals surface area contributed by atoms with E-state index in [0.29, 0.717) is 0 Å². The van der Waals surface area contributed by atoms with Crippen LogP contribution in [0.25, 0.3) is 0 Å². The molecule has 1 aliphatic heterocycles. The van der Waals surface area contributed by atoms with Gasteiger partial charge in [-0.1, -0.05) is 12.2 Å². The number of hydrogen-bond donors (Lipinski definition) is 1. The summed E-state index contributed by atoms with van der Waals surface area (Å²) in [5.41, 5.74) is -0.0231. The van der Waals surface area contributed by atoms with Gasteiger partial charge in [-0.15, -0.1) is 11.6 Å². The first-order chi connectivity index (χ1) is 2.89. The van der Waals surface area contributed by atoms with Gasteiger partial charge in [-0.2, -0.15) is 0 Å². The van der Waals surface area contributed by atoms with Gasteiger partial charge >= 0.3 is 0 Å². The van der Waals surface area contributed by atoms with Gasteiger partial charge in [0.25, 0.3) is 0 Å². The molecule has 0 fully saturated rings. The number of nitrogens with one attached hydrogen (secondary N) is 1. The van der Waals surface area contributed by atoms with E-state index in [1.165, 1.54) is 0 Å². The van der Waals surface area contributed by atoms with E-state index in [1.54, 1.807) is 6.08 Å². The predicted molar refractivity (Wildman–Crippen MR) is 25.2 cm³/mol. The van der Waals surface area contributed by atoms with Crippen LogP contribution in [0, 0.1) is 6.54 Å². The molecule has 1 nitrogen and oxygen atoms in total. The van der Waals surface area contributed by atoms with Gasteiger partial charge in [-0.3, -0.25) is 5.32 Å². The molecular formula is C4H4ClN. The van der Waals surface area contributed by atoms with Crippen molar-refractivity contribution in [2.45, 2.75) is 5.50 Å². The van der Waals surface area contributed by atoms with Crippen molar-refractivity contribution < 1.29 is 0 Å². The minimum atomic E-state index is -0.0231. The Labute approximate surface area is 42.0 Å². The monoisotopic (exact) mass is 101 g/mol. The quantitative estimate of drug-likeness (QED) is 0.351. The van der Waals surface area contributed by atoms with E-state index in [-0.39, 0.29) is 5.50 Å². The number of halogens is 1. The number of hydrogen-bond acceptors (Lipinski definition) is 1. The maximum absolute atomic E-state index is 5.45. The SMILES string of the molecule is ClC1C=C[C]N1. The van der Waals surface area contributed by atoms with Gasteiger partial charge in [0, 0.05) is 0 Å². The molecule has 0 aliphatic carbocycles. The highest BCUT2D eigenvalue weighted by molar-refractivity contribution is 6.21. The third-order valence-electron chi connectivity index (χ3n) is 0.570. The second-order valence-electron chi connectivity index (χ2n) is 1.05. The Hall–Kier alpha value is -0.0100. The summed E-state index contributed by atoms with van der Waals surface area (Å²) < 4.78 is 0. The highest BCUT2D eigenvalue weighted by Gasteiger charge is 2.00. The van der Waals surface area contributed by atoms with Crippen LogP contribution in [0.15, 0.2) is 12.2 Å². The van der Waals surface area contributed by atoms with Gasteiger partial charge in [-0.05, 0) is 0 Å². The molecule has 2 radical (unpaired) electrons. The molecule has 6 heavy (non-hydrogen) atoms. The molecule has 1 unspecified atom stereocenters. The first-order valence-corrected chi connectivity index (χ1v) is 2.15. The van der Waals surface area contributed by atoms with Crippen molar-refractivity contribution in [2.24, 2.45) is 0 Å². The van der Waals surface area contributed by atoms with Crippen molar-refractivity contribution in [1.82, 2.24) is 5.32 Å². The van der Waals surface area contributed by atoms with Crippen molar-refractivity contribution in [1.29, 1.82) is 0 Å². The Morgan fingerprint density at radius 1 is 1.83 bits per heavy atom. The van der Waals surface area contributed by atoms with Crippen LogP contribution in [0.5, 0.6) is 0 Å². The molecule has 0 bridgehead atoms. The molecule has 1 aliphatic rings. The number of rotatable bonds is 0. The van der Waals surface area contributed by atoms with Crippen molar-refractivity contribution in [3.63, 3.8) is 0 Å². The van der Waals surface area contributed by atoms with Crippen LogP contribution in [0.3, 0.4) is 0 Å². The van der Waals surface area contributed by atoms with E-state index in [2.05, 4.69) is 11.9 Å². The molecule has 0 spiro atoms. The lowest BCUT2D eigenvalue weighted by atomic mass is 10.6. The fourth-order valence-electron chi connectivity index (χ4n) is 0.308. The van der Waals surface area contributed by atoms with Gasteiger partial charge in [0.2, 0.25) is 0 Å². The van der Waals surface area contributed by atoms with Gasteiger partial charge in [0.15, 0.2) is 0 Å². The molecular weight excluding hydrogens is 97.5 g/mol. The van der Waals surface area contributed by atoms with E-state index in [1.807, 2.05) is 6.08 Å². The zero-order chi connectivity index (χ0) is 4.41. The maximum Gasteiger partial charge on any atom is 0.102 e. The zero-order valence-electron chi connectivity index (χ0n) is 3.11. The predicted octanol–water partition coefficient (Wildman–Crippen LogP) is 0.749. The smallest absolute Gasteiger partial charge is 0.102 e. The van der Waals surface area contributed by atoms with Gasteiger partial charge in [-0.25, -0.2) is 0 Å². The molecule has 1 rings (SSSR count). The topological polar surface area (TPSA) is 12.0 Å². The number of alkyl halides is 1. The van der Waals surface area contributed by atoms with Gasteiger partial charge in [0.1, 0.15) is 5.50 Å². The van der Waals surface area contributed by atoms with Crippen LogP contribution in [-0.4, -0.2) is 5.50 Å². The highest BCUT2D eigenvalue weighted by Crippen LogP contribution is 2.00. The van der Waals surface area contributed by atoms with Gasteiger partial charge < -0.3 is 0 Å². The largest absolute Gasteiger partial charge is 0.285 e. The van der Waals surface area contributed by atoms with Crippen molar-refractivity contribution >= 4 is 11.6 Å². The zero-order valence-corrected chi connectivity index (χ0v) is 3.87. The molecule has 0 saturated carbocycles. The summed E-state index contributed by atoms with van der Waals surface area (Å²) in [6.07, 6.45) is 3.58. The average molecular weight is 102 g/mol. The van der Waals surface area contributed by atoms with E-state index in [0.717, 1.165) is 0 Å². The lowest BCUT2D eigenvalue weighted by molar-refractivity contribution is 0.912. The van der Waals surface area contributed by atoms with Gasteiger partial charge in [0.05, 0.1) is 6.54 Å². The third kappa shape index (κ3) is 0.730. The second-order valence-corrected chi connectivity index (χ2v) is 1.52. The van der Waals surface area contributed by atoms with E-state index >= 15 is 0 Å². The molecule has 0 amide bonds. The summed E-state index contributed by atoms with van der Waals surface area (Å²) >= 11 is 5.45. The third-order valence-corrected chi connectivity index (χ3v) is 0.824. The lowest BCUT2D eigenvalue weighted by Crippen LogP contribution is -2.10. The van der Waals surface area contributed by atoms with E-state index < -0.39 is 0 Å². The molecule has 32 valence electrons. The summed E-state index contributed by atoms with van der Waals surface area (Å²) in [6.45, 7) is 2.71. The highest BCUT2D eigenvalue weighted by atomic mass is 35.5. The Bertz CT molecular complexity index is 69.9. The van der Waals surface area contributed by atoms with Crippen molar-refractivity contribution in [3.05, 3.63) is 18.7 Å². The summed E-state index contributed by atoms with van der Waals surface area (Å²) in [4.78, 5) is 0. The minimum Gasteiger partial charge on any atom is -0.285 e. The fraction of sp³-hybridized carbons (Fsp3) is 0.250. The van der Waals surface area contributed by atoms with Crippen LogP contribution < -0.4 is 5.32 Å². The van der Waals surface area contributed by atoms with Crippen molar-refractivity contribution in [2.75, 3.05) is 0 Å². The fourth-order valence-corrected chi connectivity index (χ4v) is 0.444. The standard InChI is InChI=1S/C4H4ClN/c5-4-2-1-3-6-4/h1-2,4,6H. The molecule has 0 aromatic carbocycles. The normalized spacial score (nSPS) is 31.8. The van der Waals surface area contributed by atoms with Crippen molar-refractivity contribution in [3.8, 4) is 0 Å². The molecule has 2 heteroatoms. The average Bonchev–Trinajstić information content (AvgIpc) is 1.86. The summed E-state index contributed by atoms with van der Waals surface area (Å²) in [5, 5.41) is 2.72. The Balaban J connectivity index is 2.38. The Morgan fingerprint density at radius 2 is 2.67 bits per heavy atom. The summed E-state index contributed by atoms with van der Waals surface area (Å²) in [5.74, 6) is 0. The van der Waals surface area contributed by atoms with E-state index in [4.69, 9.17) is 11.6 Å². The van der Waals surface area contributed by atoms with Crippen LogP contribution in [0.2, 0.25) is 0 Å². The molecule has 0 aromatic heterocycles. The molecule has 1 atom stereocenters. The minimum absolute atomic E-state index is 0.0231. The summed E-state index contributed by atoms with van der Waals surface area (Å²) in [6, 6.07) is 0. The Kier molecular flexibility index (Phi) is 1.13.